The minimum atomic E-state index is 0.398. The van der Waals surface area contributed by atoms with Gasteiger partial charge in [-0.1, -0.05) is 31.2 Å². The van der Waals surface area contributed by atoms with Crippen molar-refractivity contribution in [1.82, 2.24) is 0 Å². The zero-order chi connectivity index (χ0) is 9.10. The van der Waals surface area contributed by atoms with E-state index in [0.717, 1.165) is 0 Å². The van der Waals surface area contributed by atoms with Crippen molar-refractivity contribution in [3.05, 3.63) is 36.0 Å². The summed E-state index contributed by atoms with van der Waals surface area (Å²) in [7, 11) is 0. The summed E-state index contributed by atoms with van der Waals surface area (Å²) in [5.41, 5.74) is 1.48. The summed E-state index contributed by atoms with van der Waals surface area (Å²) in [6, 6.07) is 0.398. The van der Waals surface area contributed by atoms with Gasteiger partial charge in [0, 0.05) is 12.1 Å². The highest BCUT2D eigenvalue weighted by atomic mass is 14.8. The highest BCUT2D eigenvalue weighted by molar-refractivity contribution is 5.72. The van der Waals surface area contributed by atoms with Crippen molar-refractivity contribution in [1.29, 1.82) is 0 Å². The Balaban J connectivity index is 2.16. The number of aliphatic imine (C=N–C) groups is 1. The van der Waals surface area contributed by atoms with Gasteiger partial charge in [0.25, 0.3) is 0 Å². The van der Waals surface area contributed by atoms with E-state index in [1.165, 1.54) is 18.4 Å². The molecule has 0 bridgehead atoms. The maximum Gasteiger partial charge on any atom is 0.0772 e. The lowest BCUT2D eigenvalue weighted by Crippen LogP contribution is -2.19. The number of dihydropyridines is 1. The number of hydrogen-bond donors (Lipinski definition) is 0. The van der Waals surface area contributed by atoms with Crippen molar-refractivity contribution in [3.63, 3.8) is 0 Å². The Morgan fingerprint density at radius 3 is 3.00 bits per heavy atom. The summed E-state index contributed by atoms with van der Waals surface area (Å²) >= 11 is 0. The van der Waals surface area contributed by atoms with Crippen molar-refractivity contribution >= 4 is 6.21 Å². The zero-order valence-electron chi connectivity index (χ0n) is 7.98. The first-order valence-corrected chi connectivity index (χ1v) is 4.93. The molecule has 0 aromatic carbocycles. The molecule has 0 amide bonds. The molecular weight excluding hydrogens is 158 g/mol. The summed E-state index contributed by atoms with van der Waals surface area (Å²) in [6.45, 7) is 2.23. The first-order chi connectivity index (χ1) is 6.38. The molecule has 0 fully saturated rings. The highest BCUT2D eigenvalue weighted by Crippen LogP contribution is 2.25. The third-order valence-electron chi connectivity index (χ3n) is 2.67. The highest BCUT2D eigenvalue weighted by Gasteiger charge is 2.19. The molecule has 1 heteroatoms. The van der Waals surface area contributed by atoms with Crippen molar-refractivity contribution in [2.24, 2.45) is 10.9 Å². The SMILES string of the molecule is CC1C=CC=NC1C1=CC=CCC1. The molecule has 2 rings (SSSR count). The Kier molecular flexibility index (Phi) is 2.44. The Labute approximate surface area is 79.6 Å². The van der Waals surface area contributed by atoms with E-state index < -0.39 is 0 Å². The number of allylic oxidation sites excluding steroid dienone is 4. The van der Waals surface area contributed by atoms with Crippen LogP contribution in [-0.2, 0) is 0 Å². The van der Waals surface area contributed by atoms with Crippen molar-refractivity contribution in [3.8, 4) is 0 Å². The molecule has 0 spiro atoms. The van der Waals surface area contributed by atoms with Crippen LogP contribution in [0.1, 0.15) is 19.8 Å². The van der Waals surface area contributed by atoms with E-state index in [0.29, 0.717) is 12.0 Å². The summed E-state index contributed by atoms with van der Waals surface area (Å²) in [4.78, 5) is 4.52. The van der Waals surface area contributed by atoms with Crippen molar-refractivity contribution in [2.45, 2.75) is 25.8 Å². The van der Waals surface area contributed by atoms with Crippen LogP contribution >= 0.6 is 0 Å². The first-order valence-electron chi connectivity index (χ1n) is 4.93. The van der Waals surface area contributed by atoms with Gasteiger partial charge in [-0.05, 0) is 24.5 Å². The second-order valence-corrected chi connectivity index (χ2v) is 3.70. The molecular formula is C12H15N. The Morgan fingerprint density at radius 1 is 1.38 bits per heavy atom. The molecule has 2 atom stereocenters. The normalized spacial score (nSPS) is 31.9. The summed E-state index contributed by atoms with van der Waals surface area (Å²) in [5, 5.41) is 0. The summed E-state index contributed by atoms with van der Waals surface area (Å²) in [5.74, 6) is 0.558. The standard InChI is InChI=1S/C12H15N/c1-10-6-5-9-13-12(10)11-7-3-2-4-8-11/h2-3,5-7,9-10,12H,4,8H2,1H3. The fourth-order valence-electron chi connectivity index (χ4n) is 1.91. The molecule has 0 saturated heterocycles. The Morgan fingerprint density at radius 2 is 2.31 bits per heavy atom. The topological polar surface area (TPSA) is 12.4 Å². The molecule has 1 nitrogen and oxygen atoms in total. The predicted molar refractivity (Wildman–Crippen MR) is 57.0 cm³/mol. The van der Waals surface area contributed by atoms with Gasteiger partial charge in [0.2, 0.25) is 0 Å². The maximum atomic E-state index is 4.52. The van der Waals surface area contributed by atoms with E-state index in [1.807, 2.05) is 12.3 Å². The van der Waals surface area contributed by atoms with E-state index in [9.17, 15) is 0 Å². The van der Waals surface area contributed by atoms with Gasteiger partial charge >= 0.3 is 0 Å². The minimum absolute atomic E-state index is 0.398. The molecule has 0 aromatic rings. The number of hydrogen-bond acceptors (Lipinski definition) is 1. The Bertz CT molecular complexity index is 294. The average Bonchev–Trinajstić information content (AvgIpc) is 2.20. The molecule has 68 valence electrons. The van der Waals surface area contributed by atoms with Crippen LogP contribution in [0.15, 0.2) is 40.9 Å². The van der Waals surface area contributed by atoms with Crippen LogP contribution in [0.25, 0.3) is 0 Å². The fraction of sp³-hybridized carbons (Fsp3) is 0.417. The van der Waals surface area contributed by atoms with Gasteiger partial charge in [0.1, 0.15) is 0 Å². The van der Waals surface area contributed by atoms with E-state index in [-0.39, 0.29) is 0 Å². The number of nitrogens with zero attached hydrogens (tertiary/aromatic N) is 1. The van der Waals surface area contributed by atoms with Crippen LogP contribution < -0.4 is 0 Å². The van der Waals surface area contributed by atoms with E-state index in [1.54, 1.807) is 0 Å². The van der Waals surface area contributed by atoms with Crippen LogP contribution in [0.5, 0.6) is 0 Å². The fourth-order valence-corrected chi connectivity index (χ4v) is 1.91. The molecule has 2 aliphatic rings. The number of rotatable bonds is 1. The predicted octanol–water partition coefficient (Wildman–Crippen LogP) is 2.91. The molecule has 1 heterocycles. The second kappa shape index (κ2) is 3.73. The van der Waals surface area contributed by atoms with Crippen LogP contribution in [-0.4, -0.2) is 12.3 Å². The molecule has 1 aliphatic carbocycles. The summed E-state index contributed by atoms with van der Waals surface area (Å²) < 4.78 is 0. The van der Waals surface area contributed by atoms with Gasteiger partial charge in [-0.3, -0.25) is 4.99 Å². The quantitative estimate of drug-likeness (QED) is 0.578. The van der Waals surface area contributed by atoms with Gasteiger partial charge < -0.3 is 0 Å². The smallest absolute Gasteiger partial charge is 0.0772 e. The average molecular weight is 173 g/mol. The van der Waals surface area contributed by atoms with Crippen LogP contribution in [0.4, 0.5) is 0 Å². The maximum absolute atomic E-state index is 4.52. The van der Waals surface area contributed by atoms with Gasteiger partial charge in [-0.2, -0.15) is 0 Å². The molecule has 1 aliphatic heterocycles. The van der Waals surface area contributed by atoms with Crippen LogP contribution in [0.3, 0.4) is 0 Å². The largest absolute Gasteiger partial charge is 0.285 e. The molecule has 13 heavy (non-hydrogen) atoms. The molecule has 0 aromatic heterocycles. The van der Waals surface area contributed by atoms with Crippen molar-refractivity contribution < 1.29 is 0 Å². The van der Waals surface area contributed by atoms with Gasteiger partial charge in [-0.15, -0.1) is 0 Å². The lowest BCUT2D eigenvalue weighted by Gasteiger charge is -2.23. The van der Waals surface area contributed by atoms with Crippen molar-refractivity contribution in [2.75, 3.05) is 0 Å². The lowest BCUT2D eigenvalue weighted by atomic mass is 9.88. The van der Waals surface area contributed by atoms with Gasteiger partial charge in [-0.25, -0.2) is 0 Å². The van der Waals surface area contributed by atoms with E-state index in [4.69, 9.17) is 0 Å². The van der Waals surface area contributed by atoms with Gasteiger partial charge in [0.15, 0.2) is 0 Å². The third kappa shape index (κ3) is 1.80. The Hall–Kier alpha value is -1.11. The molecule has 0 N–H and O–H groups in total. The monoisotopic (exact) mass is 173 g/mol. The molecule has 0 saturated carbocycles. The lowest BCUT2D eigenvalue weighted by molar-refractivity contribution is 0.582. The minimum Gasteiger partial charge on any atom is -0.285 e. The third-order valence-corrected chi connectivity index (χ3v) is 2.67. The van der Waals surface area contributed by atoms with E-state index >= 15 is 0 Å². The van der Waals surface area contributed by atoms with Crippen LogP contribution in [0, 0.1) is 5.92 Å². The second-order valence-electron chi connectivity index (χ2n) is 3.70. The molecule has 2 unspecified atom stereocenters. The van der Waals surface area contributed by atoms with Crippen LogP contribution in [0.2, 0.25) is 0 Å². The van der Waals surface area contributed by atoms with E-state index in [2.05, 4.69) is 36.2 Å². The molecule has 0 radical (unpaired) electrons. The zero-order valence-corrected chi connectivity index (χ0v) is 7.98. The van der Waals surface area contributed by atoms with Gasteiger partial charge in [0.05, 0.1) is 6.04 Å². The first kappa shape index (κ1) is 8.49. The summed E-state index contributed by atoms with van der Waals surface area (Å²) in [6.07, 6.45) is 15.1.